The van der Waals surface area contributed by atoms with Gasteiger partial charge in [0.15, 0.2) is 0 Å². The number of aromatic nitrogens is 1. The predicted molar refractivity (Wildman–Crippen MR) is 56.4 cm³/mol. The molecular formula is C10H15N3O. The number of pyridine rings is 1. The Morgan fingerprint density at radius 2 is 2.36 bits per heavy atom. The maximum Gasteiger partial charge on any atom is 0.257 e. The van der Waals surface area contributed by atoms with Gasteiger partial charge in [-0.15, -0.1) is 0 Å². The van der Waals surface area contributed by atoms with Crippen molar-refractivity contribution in [3.8, 4) is 0 Å². The number of nitrogens with zero attached hydrogens (tertiary/aromatic N) is 2. The van der Waals surface area contributed by atoms with Crippen LogP contribution in [0.25, 0.3) is 0 Å². The molecule has 0 bridgehead atoms. The molecule has 0 atom stereocenters. The standard InChI is InChI=1S/C10H15N3O/c1-4-13(3)10(14)8-6-5-7-12-9(8)11-2/h5-7H,4H2,1-3H3,(H,11,12). The topological polar surface area (TPSA) is 45.2 Å². The highest BCUT2D eigenvalue weighted by molar-refractivity contribution is 5.98. The molecule has 0 spiro atoms. The van der Waals surface area contributed by atoms with Gasteiger partial charge in [-0.3, -0.25) is 4.79 Å². The quantitative estimate of drug-likeness (QED) is 0.785. The molecule has 14 heavy (non-hydrogen) atoms. The molecule has 0 fully saturated rings. The van der Waals surface area contributed by atoms with Crippen LogP contribution in [0, 0.1) is 0 Å². The highest BCUT2D eigenvalue weighted by Gasteiger charge is 2.13. The lowest BCUT2D eigenvalue weighted by Crippen LogP contribution is -2.27. The Kier molecular flexibility index (Phi) is 3.45. The van der Waals surface area contributed by atoms with Crippen LogP contribution >= 0.6 is 0 Å². The fourth-order valence-electron chi connectivity index (χ4n) is 1.13. The molecule has 0 unspecified atom stereocenters. The molecule has 1 heterocycles. The molecule has 0 aromatic carbocycles. The first-order valence-corrected chi connectivity index (χ1v) is 4.59. The molecule has 0 aliphatic carbocycles. The van der Waals surface area contributed by atoms with Gasteiger partial charge in [0.25, 0.3) is 5.91 Å². The van der Waals surface area contributed by atoms with Crippen LogP contribution in [0.4, 0.5) is 5.82 Å². The highest BCUT2D eigenvalue weighted by Crippen LogP contribution is 2.12. The number of nitrogens with one attached hydrogen (secondary N) is 1. The van der Waals surface area contributed by atoms with Gasteiger partial charge in [0.1, 0.15) is 5.82 Å². The van der Waals surface area contributed by atoms with E-state index >= 15 is 0 Å². The summed E-state index contributed by atoms with van der Waals surface area (Å²) in [6.45, 7) is 2.63. The average Bonchev–Trinajstić information content (AvgIpc) is 2.26. The maximum absolute atomic E-state index is 11.8. The van der Waals surface area contributed by atoms with E-state index in [1.54, 1.807) is 37.3 Å². The van der Waals surface area contributed by atoms with Crippen molar-refractivity contribution < 1.29 is 4.79 Å². The number of carbonyl (C=O) groups excluding carboxylic acids is 1. The molecule has 4 nitrogen and oxygen atoms in total. The van der Waals surface area contributed by atoms with Crippen molar-refractivity contribution >= 4 is 11.7 Å². The van der Waals surface area contributed by atoms with Gasteiger partial charge < -0.3 is 10.2 Å². The van der Waals surface area contributed by atoms with Crippen molar-refractivity contribution in [1.29, 1.82) is 0 Å². The number of hydrogen-bond donors (Lipinski definition) is 1. The van der Waals surface area contributed by atoms with Crippen molar-refractivity contribution in [3.05, 3.63) is 23.9 Å². The van der Waals surface area contributed by atoms with Gasteiger partial charge in [0.05, 0.1) is 5.56 Å². The Bertz CT molecular complexity index is 325. The molecule has 1 rings (SSSR count). The number of rotatable bonds is 3. The fourth-order valence-corrected chi connectivity index (χ4v) is 1.13. The van der Waals surface area contributed by atoms with Gasteiger partial charge in [-0.2, -0.15) is 0 Å². The van der Waals surface area contributed by atoms with E-state index in [0.29, 0.717) is 17.9 Å². The molecule has 1 aromatic heterocycles. The highest BCUT2D eigenvalue weighted by atomic mass is 16.2. The van der Waals surface area contributed by atoms with Crippen molar-refractivity contribution in [2.24, 2.45) is 0 Å². The molecule has 1 aromatic rings. The van der Waals surface area contributed by atoms with Gasteiger partial charge in [-0.25, -0.2) is 4.98 Å². The first-order valence-electron chi connectivity index (χ1n) is 4.59. The van der Waals surface area contributed by atoms with E-state index in [-0.39, 0.29) is 5.91 Å². The summed E-state index contributed by atoms with van der Waals surface area (Å²) in [5.74, 6) is 0.614. The fraction of sp³-hybridized carbons (Fsp3) is 0.400. The van der Waals surface area contributed by atoms with E-state index in [1.165, 1.54) is 0 Å². The number of hydrogen-bond acceptors (Lipinski definition) is 3. The maximum atomic E-state index is 11.8. The molecule has 1 amide bonds. The predicted octanol–water partition coefficient (Wildman–Crippen LogP) is 1.22. The molecular weight excluding hydrogens is 178 g/mol. The Labute approximate surface area is 83.9 Å². The molecule has 1 N–H and O–H groups in total. The summed E-state index contributed by atoms with van der Waals surface area (Å²) >= 11 is 0. The van der Waals surface area contributed by atoms with Crippen LogP contribution in [0.15, 0.2) is 18.3 Å². The van der Waals surface area contributed by atoms with E-state index in [4.69, 9.17) is 0 Å². The minimum absolute atomic E-state index is 0.00931. The van der Waals surface area contributed by atoms with E-state index in [2.05, 4.69) is 10.3 Å². The summed E-state index contributed by atoms with van der Waals surface area (Å²) in [6, 6.07) is 3.53. The third-order valence-electron chi connectivity index (χ3n) is 2.10. The molecule has 0 saturated heterocycles. The van der Waals surface area contributed by atoms with Gasteiger partial charge >= 0.3 is 0 Å². The van der Waals surface area contributed by atoms with Crippen molar-refractivity contribution in [3.63, 3.8) is 0 Å². The first kappa shape index (κ1) is 10.5. The van der Waals surface area contributed by atoms with E-state index in [0.717, 1.165) is 0 Å². The smallest absolute Gasteiger partial charge is 0.257 e. The summed E-state index contributed by atoms with van der Waals surface area (Å²) < 4.78 is 0. The van der Waals surface area contributed by atoms with Crippen LogP contribution in [0.1, 0.15) is 17.3 Å². The van der Waals surface area contributed by atoms with Crippen molar-refractivity contribution in [1.82, 2.24) is 9.88 Å². The Morgan fingerprint density at radius 3 is 2.93 bits per heavy atom. The lowest BCUT2D eigenvalue weighted by molar-refractivity contribution is 0.0803. The molecule has 0 aliphatic heterocycles. The summed E-state index contributed by atoms with van der Waals surface area (Å²) in [7, 11) is 3.53. The van der Waals surface area contributed by atoms with Gasteiger partial charge in [-0.05, 0) is 19.1 Å². The summed E-state index contributed by atoms with van der Waals surface area (Å²) in [5, 5.41) is 2.90. The molecule has 0 saturated carbocycles. The van der Waals surface area contributed by atoms with Gasteiger partial charge in [-0.1, -0.05) is 0 Å². The van der Waals surface area contributed by atoms with E-state index < -0.39 is 0 Å². The van der Waals surface area contributed by atoms with Gasteiger partial charge in [0, 0.05) is 26.8 Å². The average molecular weight is 193 g/mol. The number of anilines is 1. The van der Waals surface area contributed by atoms with Crippen LogP contribution in [0.2, 0.25) is 0 Å². The van der Waals surface area contributed by atoms with Gasteiger partial charge in [0.2, 0.25) is 0 Å². The number of amides is 1. The second-order valence-electron chi connectivity index (χ2n) is 2.97. The third kappa shape index (κ3) is 2.02. The Balaban J connectivity index is 3.00. The monoisotopic (exact) mass is 193 g/mol. The van der Waals surface area contributed by atoms with Crippen LogP contribution < -0.4 is 5.32 Å². The SMILES string of the molecule is CCN(C)C(=O)c1cccnc1NC. The van der Waals surface area contributed by atoms with E-state index in [9.17, 15) is 4.79 Å². The van der Waals surface area contributed by atoms with Crippen LogP contribution in [0.3, 0.4) is 0 Å². The van der Waals surface area contributed by atoms with E-state index in [1.807, 2.05) is 6.92 Å². The van der Waals surface area contributed by atoms with Crippen LogP contribution in [0.5, 0.6) is 0 Å². The second kappa shape index (κ2) is 4.60. The zero-order valence-electron chi connectivity index (χ0n) is 8.74. The summed E-state index contributed by atoms with van der Waals surface area (Å²) in [6.07, 6.45) is 1.66. The van der Waals surface area contributed by atoms with Crippen molar-refractivity contribution in [2.45, 2.75) is 6.92 Å². The zero-order chi connectivity index (χ0) is 10.6. The minimum Gasteiger partial charge on any atom is -0.372 e. The molecule has 0 radical (unpaired) electrons. The Hall–Kier alpha value is -1.58. The minimum atomic E-state index is -0.00931. The van der Waals surface area contributed by atoms with Crippen molar-refractivity contribution in [2.75, 3.05) is 26.0 Å². The lowest BCUT2D eigenvalue weighted by atomic mass is 10.2. The lowest BCUT2D eigenvalue weighted by Gasteiger charge is -2.15. The summed E-state index contributed by atoms with van der Waals surface area (Å²) in [5.41, 5.74) is 0.611. The second-order valence-corrected chi connectivity index (χ2v) is 2.97. The first-order chi connectivity index (χ1) is 6.70. The molecule has 76 valence electrons. The largest absolute Gasteiger partial charge is 0.372 e. The molecule has 4 heteroatoms. The van der Waals surface area contributed by atoms with Crippen LogP contribution in [-0.2, 0) is 0 Å². The van der Waals surface area contributed by atoms with Crippen LogP contribution in [-0.4, -0.2) is 36.4 Å². The third-order valence-corrected chi connectivity index (χ3v) is 2.10. The molecule has 0 aliphatic rings. The Morgan fingerprint density at radius 1 is 1.64 bits per heavy atom. The summed E-state index contributed by atoms with van der Waals surface area (Å²) in [4.78, 5) is 17.5. The zero-order valence-corrected chi connectivity index (χ0v) is 8.74. The number of carbonyl (C=O) groups is 1. The normalized spacial score (nSPS) is 9.64.